The van der Waals surface area contributed by atoms with E-state index < -0.39 is 41.2 Å². The van der Waals surface area contributed by atoms with Gasteiger partial charge in [-0.2, -0.15) is 14.0 Å². The van der Waals surface area contributed by atoms with Crippen LogP contribution >= 0.6 is 0 Å². The van der Waals surface area contributed by atoms with Crippen LogP contribution in [0.4, 0.5) is 8.78 Å². The Bertz CT molecular complexity index is 1300. The van der Waals surface area contributed by atoms with Gasteiger partial charge in [0, 0.05) is 35.3 Å². The molecule has 4 N–H and O–H groups in total. The minimum atomic E-state index is -3.03. The van der Waals surface area contributed by atoms with Gasteiger partial charge in [0.25, 0.3) is 5.91 Å². The smallest absolute Gasteiger partial charge is 0.387 e. The first-order valence-corrected chi connectivity index (χ1v) is 11.9. The maximum Gasteiger partial charge on any atom is 0.387 e. The fourth-order valence-electron chi connectivity index (χ4n) is 7.00. The predicted molar refractivity (Wildman–Crippen MR) is 123 cm³/mol. The number of benzene rings is 1. The summed E-state index contributed by atoms with van der Waals surface area (Å²) in [7, 11) is 0. The summed E-state index contributed by atoms with van der Waals surface area (Å²) in [5, 5.41) is 13.3. The van der Waals surface area contributed by atoms with Crippen LogP contribution in [-0.2, 0) is 9.59 Å². The van der Waals surface area contributed by atoms with Crippen LogP contribution in [-0.4, -0.2) is 53.3 Å². The predicted octanol–water partition coefficient (Wildman–Crippen LogP) is 2.39. The maximum atomic E-state index is 13.6. The molecule has 0 radical (unpaired) electrons. The van der Waals surface area contributed by atoms with Crippen LogP contribution in [0.5, 0.6) is 5.75 Å². The Morgan fingerprint density at radius 3 is 2.72 bits per heavy atom. The molecule has 2 aromatic rings. The third kappa shape index (κ3) is 3.27. The number of halogens is 2. The first kappa shape index (κ1) is 24.0. The number of fused-ring (bicyclic) bond motifs is 2. The number of likely N-dealkylation sites (tertiary alicyclic amines) is 1. The second kappa shape index (κ2) is 8.18. The van der Waals surface area contributed by atoms with E-state index in [2.05, 4.69) is 21.1 Å². The van der Waals surface area contributed by atoms with Crippen LogP contribution < -0.4 is 15.8 Å². The molecular formula is C25H27F2N5O4. The third-order valence-corrected chi connectivity index (χ3v) is 8.64. The van der Waals surface area contributed by atoms with E-state index >= 15 is 0 Å². The summed E-state index contributed by atoms with van der Waals surface area (Å²) >= 11 is 0. The molecule has 11 heteroatoms. The monoisotopic (exact) mass is 499 g/mol. The van der Waals surface area contributed by atoms with Gasteiger partial charge in [0.2, 0.25) is 11.8 Å². The second-order valence-corrected chi connectivity index (χ2v) is 10.4. The number of hydrogen-bond donors (Lipinski definition) is 3. The van der Waals surface area contributed by atoms with Gasteiger partial charge < -0.3 is 25.7 Å². The number of carbonyl (C=O) groups excluding carboxylic acids is 3. The molecule has 2 saturated heterocycles. The Hall–Kier alpha value is -3.68. The molecule has 2 aliphatic heterocycles. The fourth-order valence-corrected chi connectivity index (χ4v) is 7.00. The number of rotatable bonds is 7. The number of nitrogens with two attached hydrogens (primary N) is 1. The van der Waals surface area contributed by atoms with Gasteiger partial charge in [-0.1, -0.05) is 19.9 Å². The van der Waals surface area contributed by atoms with Gasteiger partial charge in [0.15, 0.2) is 0 Å². The van der Waals surface area contributed by atoms with Crippen LogP contribution in [0.1, 0.15) is 37.2 Å². The van der Waals surface area contributed by atoms with Gasteiger partial charge >= 0.3 is 6.61 Å². The van der Waals surface area contributed by atoms with Crippen molar-refractivity contribution in [3.63, 3.8) is 0 Å². The van der Waals surface area contributed by atoms with Crippen molar-refractivity contribution < 1.29 is 27.9 Å². The van der Waals surface area contributed by atoms with Gasteiger partial charge in [-0.05, 0) is 42.4 Å². The molecule has 3 heterocycles. The summed E-state index contributed by atoms with van der Waals surface area (Å²) in [6.45, 7) is 1.66. The van der Waals surface area contributed by atoms with Gasteiger partial charge in [-0.3, -0.25) is 14.4 Å². The van der Waals surface area contributed by atoms with Crippen molar-refractivity contribution in [3.8, 4) is 11.8 Å². The number of primary amides is 1. The molecule has 3 aliphatic rings. The first-order valence-electron chi connectivity index (χ1n) is 11.9. The molecule has 9 nitrogen and oxygen atoms in total. The highest BCUT2D eigenvalue weighted by molar-refractivity contribution is 6.02. The zero-order valence-electron chi connectivity index (χ0n) is 19.9. The lowest BCUT2D eigenvalue weighted by molar-refractivity contribution is -0.125. The van der Waals surface area contributed by atoms with Crippen molar-refractivity contribution in [2.75, 3.05) is 13.1 Å². The Kier molecular flexibility index (Phi) is 5.46. The van der Waals surface area contributed by atoms with Crippen LogP contribution in [0.3, 0.4) is 0 Å². The van der Waals surface area contributed by atoms with Gasteiger partial charge in [0.05, 0.1) is 12.0 Å². The molecule has 190 valence electrons. The summed E-state index contributed by atoms with van der Waals surface area (Å²) < 4.78 is 30.2. The second-order valence-electron chi connectivity index (χ2n) is 10.4. The minimum absolute atomic E-state index is 0.0782. The summed E-state index contributed by atoms with van der Waals surface area (Å²) in [4.78, 5) is 43.1. The molecule has 1 aromatic carbocycles. The van der Waals surface area contributed by atoms with Crippen molar-refractivity contribution in [1.82, 2.24) is 15.2 Å². The number of nitrogens with zero attached hydrogens (tertiary/aromatic N) is 2. The molecule has 5 rings (SSSR count). The van der Waals surface area contributed by atoms with Crippen molar-refractivity contribution in [1.29, 1.82) is 5.26 Å². The van der Waals surface area contributed by atoms with E-state index in [1.165, 1.54) is 23.1 Å². The number of piperidine rings is 1. The average molecular weight is 500 g/mol. The number of H-pyrrole nitrogens is 1. The summed E-state index contributed by atoms with van der Waals surface area (Å²) in [5.41, 5.74) is 5.06. The van der Waals surface area contributed by atoms with Gasteiger partial charge in [-0.25, -0.2) is 0 Å². The molecule has 1 aromatic heterocycles. The van der Waals surface area contributed by atoms with Crippen LogP contribution in [0.25, 0.3) is 10.9 Å². The highest BCUT2D eigenvalue weighted by Crippen LogP contribution is 2.78. The van der Waals surface area contributed by atoms with Gasteiger partial charge in [-0.15, -0.1) is 0 Å². The SMILES string of the molecule is CC1(C)C2CN(C(=O)c3cc4c(OC(F)F)cccc4[nH]3)C(C(N)=O)C21[C@@H](C#N)C[C@H]1CCNC1=O. The first-order chi connectivity index (χ1) is 17.0. The van der Waals surface area contributed by atoms with Crippen LogP contribution in [0.2, 0.25) is 0 Å². The maximum absolute atomic E-state index is 13.6. The Labute approximate surface area is 205 Å². The normalized spacial score (nSPS) is 29.1. The fraction of sp³-hybridized carbons (Fsp3) is 0.520. The van der Waals surface area contributed by atoms with Crippen molar-refractivity contribution in [2.45, 2.75) is 39.3 Å². The quantitative estimate of drug-likeness (QED) is 0.536. The molecule has 1 saturated carbocycles. The molecule has 3 amide bonds. The van der Waals surface area contributed by atoms with Gasteiger partial charge in [0.1, 0.15) is 17.5 Å². The van der Waals surface area contributed by atoms with Crippen LogP contribution in [0, 0.1) is 39.9 Å². The zero-order chi connectivity index (χ0) is 26.0. The highest BCUT2D eigenvalue weighted by Gasteiger charge is 2.83. The van der Waals surface area contributed by atoms with E-state index in [1.807, 2.05) is 13.8 Å². The molecule has 3 fully saturated rings. The number of nitriles is 1. The standard InChI is InChI=1S/C25H27F2N5O4/c1-24(2)18-11-32(22(35)16-9-14-15(31-16)4-3-5-17(14)36-23(26)27)19(20(29)33)25(18,24)13(10-28)8-12-6-7-30-21(12)34/h3-5,9,12-13,18-19,23,31H,6-8,11H2,1-2H3,(H2,29,33)(H,30,34)/t12-,13-,18?,19?,25?/m1/s1. The van der Waals surface area contributed by atoms with E-state index in [0.29, 0.717) is 23.9 Å². The zero-order valence-corrected chi connectivity index (χ0v) is 19.9. The highest BCUT2D eigenvalue weighted by atomic mass is 19.3. The Morgan fingerprint density at radius 2 is 2.11 bits per heavy atom. The molecule has 0 bridgehead atoms. The lowest BCUT2D eigenvalue weighted by Crippen LogP contribution is -2.53. The molecule has 0 spiro atoms. The van der Waals surface area contributed by atoms with Crippen molar-refractivity contribution in [3.05, 3.63) is 30.0 Å². The number of amides is 3. The number of aromatic nitrogens is 1. The Balaban J connectivity index is 1.49. The van der Waals surface area contributed by atoms with E-state index in [0.717, 1.165) is 0 Å². The Morgan fingerprint density at radius 1 is 1.36 bits per heavy atom. The van der Waals surface area contributed by atoms with E-state index in [-0.39, 0.29) is 42.2 Å². The lowest BCUT2D eigenvalue weighted by atomic mass is 9.73. The lowest BCUT2D eigenvalue weighted by Gasteiger charge is -2.36. The minimum Gasteiger partial charge on any atom is -0.434 e. The molecule has 3 unspecified atom stereocenters. The molecule has 1 aliphatic carbocycles. The van der Waals surface area contributed by atoms with E-state index in [9.17, 15) is 28.4 Å². The topological polar surface area (TPSA) is 141 Å². The number of alkyl halides is 2. The molecular weight excluding hydrogens is 472 g/mol. The largest absolute Gasteiger partial charge is 0.434 e. The molecule has 36 heavy (non-hydrogen) atoms. The molecule has 5 atom stereocenters. The summed E-state index contributed by atoms with van der Waals surface area (Å²) in [6.07, 6.45) is 0.898. The van der Waals surface area contributed by atoms with Crippen molar-refractivity contribution in [2.24, 2.45) is 34.3 Å². The summed E-state index contributed by atoms with van der Waals surface area (Å²) in [5.74, 6) is -2.57. The van der Waals surface area contributed by atoms with Crippen LogP contribution in [0.15, 0.2) is 24.3 Å². The van der Waals surface area contributed by atoms with Crippen molar-refractivity contribution >= 4 is 28.6 Å². The van der Waals surface area contributed by atoms with E-state index in [1.54, 1.807) is 6.07 Å². The number of aromatic amines is 1. The third-order valence-electron chi connectivity index (χ3n) is 8.64. The number of carbonyl (C=O) groups is 3. The summed E-state index contributed by atoms with van der Waals surface area (Å²) in [6, 6.07) is 7.23. The van der Waals surface area contributed by atoms with E-state index in [4.69, 9.17) is 5.73 Å². The number of hydrogen-bond acceptors (Lipinski definition) is 5. The number of ether oxygens (including phenoxy) is 1. The number of nitrogens with one attached hydrogen (secondary N) is 2. The average Bonchev–Trinajstić information content (AvgIpc) is 3.34.